The number of hydrogen-bond acceptors (Lipinski definition) is 4. The van der Waals surface area contributed by atoms with Gasteiger partial charge in [-0.05, 0) is 44.2 Å². The molecular weight excluding hydrogens is 371 g/mol. The van der Waals surface area contributed by atoms with E-state index in [-0.39, 0.29) is 23.7 Å². The van der Waals surface area contributed by atoms with Crippen LogP contribution in [0.15, 0.2) is 12.1 Å². The van der Waals surface area contributed by atoms with Crippen LogP contribution in [0.1, 0.15) is 43.7 Å². The first-order valence-corrected chi connectivity index (χ1v) is 10.8. The van der Waals surface area contributed by atoms with Gasteiger partial charge in [0.15, 0.2) is 0 Å². The van der Waals surface area contributed by atoms with Crippen LogP contribution < -0.4 is 10.6 Å². The van der Waals surface area contributed by atoms with Crippen molar-refractivity contribution in [2.45, 2.75) is 64.1 Å². The summed E-state index contributed by atoms with van der Waals surface area (Å²) < 4.78 is 14.1. The second-order valence-corrected chi connectivity index (χ2v) is 8.69. The van der Waals surface area contributed by atoms with Gasteiger partial charge in [-0.3, -0.25) is 14.5 Å². The molecule has 3 aliphatic rings. The molecule has 0 radical (unpaired) electrons. The number of piperazine rings is 1. The van der Waals surface area contributed by atoms with E-state index in [1.54, 1.807) is 13.0 Å². The van der Waals surface area contributed by atoms with Crippen molar-refractivity contribution in [3.8, 4) is 0 Å². The lowest BCUT2D eigenvalue weighted by atomic mass is 9.89. The molecule has 1 aromatic rings. The van der Waals surface area contributed by atoms with Gasteiger partial charge in [0.1, 0.15) is 11.9 Å². The Balaban J connectivity index is 1.31. The zero-order valence-electron chi connectivity index (χ0n) is 17.3. The largest absolute Gasteiger partial charge is 0.373 e. The molecule has 2 heterocycles. The highest BCUT2D eigenvalue weighted by Crippen LogP contribution is 2.32. The SMILES string of the molecule is CC(=O)N1CCN(C2CCC[C@@H](NC(=O)C3Cc4c(F)ccc(C)c4N3)C2)CC1. The molecule has 7 heteroatoms. The van der Waals surface area contributed by atoms with Crippen molar-refractivity contribution in [1.29, 1.82) is 0 Å². The summed E-state index contributed by atoms with van der Waals surface area (Å²) in [6, 6.07) is 3.44. The van der Waals surface area contributed by atoms with Crippen LogP contribution in [0.2, 0.25) is 0 Å². The van der Waals surface area contributed by atoms with Gasteiger partial charge in [0.25, 0.3) is 0 Å². The number of amides is 2. The van der Waals surface area contributed by atoms with Crippen molar-refractivity contribution in [1.82, 2.24) is 15.1 Å². The van der Waals surface area contributed by atoms with Gasteiger partial charge in [0.05, 0.1) is 0 Å². The first-order chi connectivity index (χ1) is 13.9. The maximum Gasteiger partial charge on any atom is 0.243 e. The molecular formula is C22H31FN4O2. The van der Waals surface area contributed by atoms with Crippen molar-refractivity contribution in [3.63, 3.8) is 0 Å². The Labute approximate surface area is 171 Å². The average molecular weight is 403 g/mol. The minimum atomic E-state index is -0.403. The van der Waals surface area contributed by atoms with E-state index in [2.05, 4.69) is 15.5 Å². The molecule has 2 fully saturated rings. The van der Waals surface area contributed by atoms with Crippen LogP contribution in [0.4, 0.5) is 10.1 Å². The number of rotatable bonds is 3. The molecule has 3 atom stereocenters. The van der Waals surface area contributed by atoms with E-state index < -0.39 is 6.04 Å². The van der Waals surface area contributed by atoms with E-state index >= 15 is 0 Å². The van der Waals surface area contributed by atoms with Gasteiger partial charge in [-0.15, -0.1) is 0 Å². The second kappa shape index (κ2) is 8.30. The van der Waals surface area contributed by atoms with Gasteiger partial charge in [-0.25, -0.2) is 4.39 Å². The number of carbonyl (C=O) groups is 2. The van der Waals surface area contributed by atoms with E-state index in [1.165, 1.54) is 6.07 Å². The topological polar surface area (TPSA) is 64.7 Å². The standard InChI is InChI=1S/C22H31FN4O2/c1-14-6-7-19(23)18-13-20(25-21(14)18)22(29)24-16-4-3-5-17(12-16)27-10-8-26(9-11-27)15(2)28/h6-7,16-17,20,25H,3-5,8-13H2,1-2H3,(H,24,29)/t16-,17?,20?/m1/s1. The molecule has 0 aromatic heterocycles. The maximum absolute atomic E-state index is 14.1. The van der Waals surface area contributed by atoms with E-state index in [9.17, 15) is 14.0 Å². The number of hydrogen-bond donors (Lipinski definition) is 2. The average Bonchev–Trinajstić information content (AvgIpc) is 3.18. The molecule has 1 aromatic carbocycles. The lowest BCUT2D eigenvalue weighted by Crippen LogP contribution is -2.54. The van der Waals surface area contributed by atoms with Crippen LogP contribution >= 0.6 is 0 Å². The number of halogens is 1. The van der Waals surface area contributed by atoms with Crippen LogP contribution in [-0.4, -0.2) is 65.9 Å². The zero-order chi connectivity index (χ0) is 20.5. The highest BCUT2D eigenvalue weighted by atomic mass is 19.1. The van der Waals surface area contributed by atoms with Crippen LogP contribution in [0.25, 0.3) is 0 Å². The predicted octanol–water partition coefficient (Wildman–Crippen LogP) is 2.06. The smallest absolute Gasteiger partial charge is 0.243 e. The number of nitrogens with zero attached hydrogens (tertiary/aromatic N) is 2. The number of benzene rings is 1. The number of anilines is 1. The highest BCUT2D eigenvalue weighted by molar-refractivity contribution is 5.88. The van der Waals surface area contributed by atoms with Crippen LogP contribution in [0, 0.1) is 12.7 Å². The molecule has 1 aliphatic carbocycles. The minimum Gasteiger partial charge on any atom is -0.373 e. The first-order valence-electron chi connectivity index (χ1n) is 10.8. The zero-order valence-corrected chi connectivity index (χ0v) is 17.3. The number of fused-ring (bicyclic) bond motifs is 1. The summed E-state index contributed by atoms with van der Waals surface area (Å²) in [6.07, 6.45) is 4.57. The Morgan fingerprint density at radius 3 is 2.62 bits per heavy atom. The third-order valence-corrected chi connectivity index (χ3v) is 6.78. The van der Waals surface area contributed by atoms with Gasteiger partial charge in [-0.2, -0.15) is 0 Å². The number of aryl methyl sites for hydroxylation is 1. The molecule has 2 unspecified atom stereocenters. The Morgan fingerprint density at radius 1 is 1.17 bits per heavy atom. The third-order valence-electron chi connectivity index (χ3n) is 6.78. The summed E-state index contributed by atoms with van der Waals surface area (Å²) in [7, 11) is 0. The molecule has 0 spiro atoms. The Hall–Kier alpha value is -2.15. The highest BCUT2D eigenvalue weighted by Gasteiger charge is 2.34. The summed E-state index contributed by atoms with van der Waals surface area (Å²) >= 11 is 0. The molecule has 0 bridgehead atoms. The first kappa shape index (κ1) is 20.1. The fourth-order valence-electron chi connectivity index (χ4n) is 5.06. The Bertz CT molecular complexity index is 760. The van der Waals surface area contributed by atoms with Crippen molar-refractivity contribution in [3.05, 3.63) is 29.1 Å². The summed E-state index contributed by atoms with van der Waals surface area (Å²) in [5, 5.41) is 6.44. The van der Waals surface area contributed by atoms with Crippen molar-refractivity contribution in [2.24, 2.45) is 0 Å². The van der Waals surface area contributed by atoms with Crippen molar-refractivity contribution < 1.29 is 14.0 Å². The van der Waals surface area contributed by atoms with Crippen LogP contribution in [-0.2, 0) is 16.0 Å². The van der Waals surface area contributed by atoms with Crippen LogP contribution in [0.5, 0.6) is 0 Å². The van der Waals surface area contributed by atoms with Gasteiger partial charge >= 0.3 is 0 Å². The molecule has 1 saturated carbocycles. The quantitative estimate of drug-likeness (QED) is 0.812. The van der Waals surface area contributed by atoms with Gasteiger partial charge in [-0.1, -0.05) is 6.07 Å². The van der Waals surface area contributed by atoms with Crippen molar-refractivity contribution >= 4 is 17.5 Å². The predicted molar refractivity (Wildman–Crippen MR) is 110 cm³/mol. The minimum absolute atomic E-state index is 0.0351. The third kappa shape index (κ3) is 4.25. The van der Waals surface area contributed by atoms with E-state index in [0.717, 1.165) is 63.1 Å². The van der Waals surface area contributed by atoms with Gasteiger partial charge in [0, 0.05) is 62.9 Å². The molecule has 2 aliphatic heterocycles. The second-order valence-electron chi connectivity index (χ2n) is 8.69. The maximum atomic E-state index is 14.1. The van der Waals surface area contributed by atoms with Gasteiger partial charge < -0.3 is 15.5 Å². The van der Waals surface area contributed by atoms with Crippen LogP contribution in [0.3, 0.4) is 0 Å². The summed E-state index contributed by atoms with van der Waals surface area (Å²) in [4.78, 5) is 28.8. The lowest BCUT2D eigenvalue weighted by Gasteiger charge is -2.42. The summed E-state index contributed by atoms with van der Waals surface area (Å²) in [5.41, 5.74) is 2.36. The Kier molecular flexibility index (Phi) is 5.76. The molecule has 6 nitrogen and oxygen atoms in total. The number of carbonyl (C=O) groups excluding carboxylic acids is 2. The number of nitrogens with one attached hydrogen (secondary N) is 2. The fourth-order valence-corrected chi connectivity index (χ4v) is 5.06. The molecule has 1 saturated heterocycles. The Morgan fingerprint density at radius 2 is 1.93 bits per heavy atom. The monoisotopic (exact) mass is 402 g/mol. The normalized spacial score (nSPS) is 27.3. The van der Waals surface area contributed by atoms with E-state index in [0.29, 0.717) is 18.0 Å². The summed E-state index contributed by atoms with van der Waals surface area (Å²) in [6.45, 7) is 6.95. The molecule has 2 N–H and O–H groups in total. The molecule has 2 amide bonds. The molecule has 158 valence electrons. The lowest BCUT2D eigenvalue weighted by molar-refractivity contribution is -0.131. The summed E-state index contributed by atoms with van der Waals surface area (Å²) in [5.74, 6) is -0.127. The molecule has 29 heavy (non-hydrogen) atoms. The van der Waals surface area contributed by atoms with Gasteiger partial charge in [0.2, 0.25) is 11.8 Å². The molecule has 4 rings (SSSR count). The van der Waals surface area contributed by atoms with Crippen molar-refractivity contribution in [2.75, 3.05) is 31.5 Å². The fraction of sp³-hybridized carbons (Fsp3) is 0.636. The van der Waals surface area contributed by atoms with E-state index in [4.69, 9.17) is 0 Å². The van der Waals surface area contributed by atoms with E-state index in [1.807, 2.05) is 11.8 Å².